The summed E-state index contributed by atoms with van der Waals surface area (Å²) in [5, 5.41) is 3.32. The minimum Gasteiger partial charge on any atom is -0.486 e. The van der Waals surface area contributed by atoms with Gasteiger partial charge in [0.2, 0.25) is 11.8 Å². The molecule has 4 aromatic carbocycles. The van der Waals surface area contributed by atoms with Gasteiger partial charge in [0, 0.05) is 30.6 Å². The molecule has 9 nitrogen and oxygen atoms in total. The number of nitrogens with one attached hydrogen (secondary N) is 1. The Balaban J connectivity index is 1.56. The Morgan fingerprint density at radius 3 is 2.24 bits per heavy atom. The van der Waals surface area contributed by atoms with E-state index in [1.807, 2.05) is 30.3 Å². The van der Waals surface area contributed by atoms with Crippen molar-refractivity contribution in [3.8, 4) is 11.5 Å². The standard InChI is InChI=1S/C34H33ClFN3O6S/c1-2-37-34(41)30(20-24-6-4-3-5-7-24)38(22-25-8-10-26(35)11-9-25)33(40)23-39(28-14-12-27(36)13-15-28)46(42,43)29-16-17-31-32(21-29)45-19-18-44-31/h3-17,21,30H,2,18-20,22-23H2,1H3,(H,37,41)/t30-/m0/s1. The van der Waals surface area contributed by atoms with E-state index >= 15 is 0 Å². The highest BCUT2D eigenvalue weighted by Crippen LogP contribution is 2.34. The van der Waals surface area contributed by atoms with Crippen LogP contribution in [-0.2, 0) is 32.6 Å². The highest BCUT2D eigenvalue weighted by atomic mass is 35.5. The first kappa shape index (κ1) is 32.8. The van der Waals surface area contributed by atoms with Crippen LogP contribution in [0.15, 0.2) is 102 Å². The van der Waals surface area contributed by atoms with E-state index in [0.717, 1.165) is 22.0 Å². The predicted octanol–water partition coefficient (Wildman–Crippen LogP) is 5.22. The maximum Gasteiger partial charge on any atom is 0.264 e. The van der Waals surface area contributed by atoms with Crippen molar-refractivity contribution in [2.24, 2.45) is 0 Å². The highest BCUT2D eigenvalue weighted by molar-refractivity contribution is 7.92. The molecule has 1 atom stereocenters. The second-order valence-corrected chi connectivity index (χ2v) is 12.8. The fraction of sp³-hybridized carbons (Fsp3) is 0.235. The number of ether oxygens (including phenoxy) is 2. The number of likely N-dealkylation sites (N-methyl/N-ethyl adjacent to an activating group) is 1. The predicted molar refractivity (Wildman–Crippen MR) is 173 cm³/mol. The number of rotatable bonds is 12. The summed E-state index contributed by atoms with van der Waals surface area (Å²) in [5.41, 5.74) is 1.56. The fourth-order valence-corrected chi connectivity index (χ4v) is 6.64. The summed E-state index contributed by atoms with van der Waals surface area (Å²) in [4.78, 5) is 29.2. The molecule has 12 heteroatoms. The van der Waals surface area contributed by atoms with Gasteiger partial charge in [0.25, 0.3) is 10.0 Å². The van der Waals surface area contributed by atoms with Crippen molar-refractivity contribution in [2.45, 2.75) is 30.8 Å². The van der Waals surface area contributed by atoms with Gasteiger partial charge in [0.05, 0.1) is 10.6 Å². The van der Waals surface area contributed by atoms with Gasteiger partial charge in [0.15, 0.2) is 11.5 Å². The third-order valence-electron chi connectivity index (χ3n) is 7.38. The maximum atomic E-state index is 14.4. The van der Waals surface area contributed by atoms with Crippen molar-refractivity contribution in [3.05, 3.63) is 119 Å². The molecule has 1 heterocycles. The Kier molecular flexibility index (Phi) is 10.4. The van der Waals surface area contributed by atoms with E-state index in [4.69, 9.17) is 21.1 Å². The lowest BCUT2D eigenvalue weighted by molar-refractivity contribution is -0.140. The van der Waals surface area contributed by atoms with Crippen LogP contribution in [0.4, 0.5) is 10.1 Å². The smallest absolute Gasteiger partial charge is 0.264 e. The molecule has 2 amide bonds. The first-order valence-corrected chi connectivity index (χ1v) is 16.5. The first-order chi connectivity index (χ1) is 22.2. The zero-order valence-corrected chi connectivity index (χ0v) is 26.6. The fourth-order valence-electron chi connectivity index (χ4n) is 5.08. The van der Waals surface area contributed by atoms with Crippen LogP contribution in [0.1, 0.15) is 18.1 Å². The number of nitrogens with zero attached hydrogens (tertiary/aromatic N) is 2. The summed E-state index contributed by atoms with van der Waals surface area (Å²) < 4.78 is 54.5. The molecule has 46 heavy (non-hydrogen) atoms. The number of hydrogen-bond acceptors (Lipinski definition) is 6. The summed E-state index contributed by atoms with van der Waals surface area (Å²) in [5.74, 6) is -0.963. The molecule has 0 unspecified atom stereocenters. The molecule has 0 fully saturated rings. The molecular formula is C34H33ClFN3O6S. The van der Waals surface area contributed by atoms with Crippen LogP contribution < -0.4 is 19.1 Å². The van der Waals surface area contributed by atoms with E-state index in [1.54, 1.807) is 31.2 Å². The molecule has 0 spiro atoms. The molecule has 4 aromatic rings. The van der Waals surface area contributed by atoms with Gasteiger partial charge in [-0.15, -0.1) is 0 Å². The van der Waals surface area contributed by atoms with Crippen LogP contribution in [0.25, 0.3) is 0 Å². The molecule has 0 aromatic heterocycles. The Morgan fingerprint density at radius 1 is 0.891 bits per heavy atom. The number of sulfonamides is 1. The lowest BCUT2D eigenvalue weighted by Crippen LogP contribution is -2.53. The van der Waals surface area contributed by atoms with E-state index in [0.29, 0.717) is 29.5 Å². The lowest BCUT2D eigenvalue weighted by atomic mass is 10.0. The quantitative estimate of drug-likeness (QED) is 0.223. The minimum absolute atomic E-state index is 0.00797. The summed E-state index contributed by atoms with van der Waals surface area (Å²) >= 11 is 6.11. The van der Waals surface area contributed by atoms with Crippen LogP contribution in [0.5, 0.6) is 11.5 Å². The molecule has 0 saturated carbocycles. The monoisotopic (exact) mass is 665 g/mol. The van der Waals surface area contributed by atoms with Crippen molar-refractivity contribution >= 4 is 39.1 Å². The summed E-state index contributed by atoms with van der Waals surface area (Å²) in [7, 11) is -4.41. The van der Waals surface area contributed by atoms with Crippen molar-refractivity contribution in [2.75, 3.05) is 30.6 Å². The third kappa shape index (κ3) is 7.78. The van der Waals surface area contributed by atoms with Crippen LogP contribution in [-0.4, -0.2) is 57.5 Å². The van der Waals surface area contributed by atoms with E-state index in [2.05, 4.69) is 5.32 Å². The third-order valence-corrected chi connectivity index (χ3v) is 9.41. The topological polar surface area (TPSA) is 105 Å². The van der Waals surface area contributed by atoms with Gasteiger partial charge in [-0.3, -0.25) is 13.9 Å². The molecule has 0 saturated heterocycles. The second-order valence-electron chi connectivity index (χ2n) is 10.5. The SMILES string of the molecule is CCNC(=O)[C@H](Cc1ccccc1)N(Cc1ccc(Cl)cc1)C(=O)CN(c1ccc(F)cc1)S(=O)(=O)c1ccc2c(c1)OCCO2. The largest absolute Gasteiger partial charge is 0.486 e. The molecule has 240 valence electrons. The number of halogens is 2. The van der Waals surface area contributed by atoms with E-state index in [1.165, 1.54) is 35.2 Å². The van der Waals surface area contributed by atoms with E-state index in [9.17, 15) is 22.4 Å². The number of fused-ring (bicyclic) bond motifs is 1. The van der Waals surface area contributed by atoms with Gasteiger partial charge in [-0.2, -0.15) is 0 Å². The van der Waals surface area contributed by atoms with Gasteiger partial charge < -0.3 is 19.7 Å². The molecule has 0 radical (unpaired) electrons. The Morgan fingerprint density at radius 2 is 1.57 bits per heavy atom. The Hall–Kier alpha value is -4.61. The number of hydrogen-bond donors (Lipinski definition) is 1. The highest BCUT2D eigenvalue weighted by Gasteiger charge is 2.35. The van der Waals surface area contributed by atoms with Gasteiger partial charge in [-0.05, 0) is 66.6 Å². The molecule has 5 rings (SSSR count). The number of carbonyl (C=O) groups is 2. The van der Waals surface area contributed by atoms with Crippen LogP contribution >= 0.6 is 11.6 Å². The average Bonchev–Trinajstić information content (AvgIpc) is 3.06. The number of anilines is 1. The molecule has 0 aliphatic carbocycles. The van der Waals surface area contributed by atoms with Crippen molar-refractivity contribution in [1.82, 2.24) is 10.2 Å². The Bertz CT molecular complexity index is 1770. The Labute approximate surface area is 272 Å². The van der Waals surface area contributed by atoms with Gasteiger partial charge in [-0.1, -0.05) is 54.1 Å². The van der Waals surface area contributed by atoms with Gasteiger partial charge >= 0.3 is 0 Å². The second kappa shape index (κ2) is 14.7. The zero-order chi connectivity index (χ0) is 32.7. The normalized spacial score (nSPS) is 13.0. The molecular weight excluding hydrogens is 633 g/mol. The molecule has 1 aliphatic rings. The van der Waals surface area contributed by atoms with Crippen LogP contribution in [0.2, 0.25) is 5.02 Å². The number of amides is 2. The molecule has 1 N–H and O–H groups in total. The molecule has 1 aliphatic heterocycles. The van der Waals surface area contributed by atoms with Crippen LogP contribution in [0.3, 0.4) is 0 Å². The van der Waals surface area contributed by atoms with Gasteiger partial charge in [-0.25, -0.2) is 12.8 Å². The number of benzene rings is 4. The summed E-state index contributed by atoms with van der Waals surface area (Å²) in [6.45, 7) is 1.99. The zero-order valence-electron chi connectivity index (χ0n) is 25.1. The summed E-state index contributed by atoms with van der Waals surface area (Å²) in [6, 6.07) is 24.1. The van der Waals surface area contributed by atoms with E-state index < -0.39 is 40.2 Å². The van der Waals surface area contributed by atoms with Crippen molar-refractivity contribution < 1.29 is 31.9 Å². The maximum absolute atomic E-state index is 14.4. The lowest BCUT2D eigenvalue weighted by Gasteiger charge is -2.34. The van der Waals surface area contributed by atoms with Crippen molar-refractivity contribution in [3.63, 3.8) is 0 Å². The average molecular weight is 666 g/mol. The van der Waals surface area contributed by atoms with Gasteiger partial charge in [0.1, 0.15) is 31.6 Å². The van der Waals surface area contributed by atoms with Crippen LogP contribution in [0, 0.1) is 5.82 Å². The summed E-state index contributed by atoms with van der Waals surface area (Å²) in [6.07, 6.45) is 0.178. The number of carbonyl (C=O) groups excluding carboxylic acids is 2. The van der Waals surface area contributed by atoms with Crippen molar-refractivity contribution in [1.29, 1.82) is 0 Å². The minimum atomic E-state index is -4.41. The van der Waals surface area contributed by atoms with E-state index in [-0.39, 0.29) is 35.9 Å². The first-order valence-electron chi connectivity index (χ1n) is 14.7. The molecule has 0 bridgehead atoms.